The summed E-state index contributed by atoms with van der Waals surface area (Å²) < 4.78 is 19.3. The van der Waals surface area contributed by atoms with Crippen molar-refractivity contribution in [2.24, 2.45) is 23.7 Å². The monoisotopic (exact) mass is 398 g/mol. The van der Waals surface area contributed by atoms with Crippen molar-refractivity contribution in [2.75, 3.05) is 13.2 Å². The molecule has 4 heterocycles. The SMILES string of the molecule is C[C@@H]1CC[C@H]2[C@@H](C)[C@@](C)(OCCCCCCO)O[C@@H]3O[C@]4(C)CCC1[C@]32OO4. The molecule has 0 aromatic carbocycles. The van der Waals surface area contributed by atoms with E-state index in [0.717, 1.165) is 44.9 Å². The Balaban J connectivity index is 1.52. The fraction of sp³-hybridized carbons (Fsp3) is 1.00. The molecule has 1 aliphatic carbocycles. The Bertz CT molecular complexity index is 557. The Labute approximate surface area is 169 Å². The molecule has 8 atom stereocenters. The molecule has 28 heavy (non-hydrogen) atoms. The van der Waals surface area contributed by atoms with Crippen LogP contribution in [-0.2, 0) is 24.0 Å². The summed E-state index contributed by atoms with van der Waals surface area (Å²) in [5, 5.41) is 8.92. The molecular weight excluding hydrogens is 360 g/mol. The van der Waals surface area contributed by atoms with Crippen molar-refractivity contribution >= 4 is 0 Å². The Kier molecular flexibility index (Phi) is 5.84. The molecule has 5 rings (SSSR count). The van der Waals surface area contributed by atoms with Crippen LogP contribution in [0.2, 0.25) is 0 Å². The molecule has 4 saturated heterocycles. The second-order valence-corrected chi connectivity index (χ2v) is 9.82. The van der Waals surface area contributed by atoms with Crippen LogP contribution in [0.4, 0.5) is 0 Å². The van der Waals surface area contributed by atoms with Gasteiger partial charge in [-0.15, -0.1) is 0 Å². The van der Waals surface area contributed by atoms with Gasteiger partial charge >= 0.3 is 0 Å². The lowest BCUT2D eigenvalue weighted by Gasteiger charge is -2.62. The number of rotatable bonds is 7. The van der Waals surface area contributed by atoms with Gasteiger partial charge in [0.15, 0.2) is 17.7 Å². The molecule has 1 saturated carbocycles. The molecule has 6 heteroatoms. The number of fused-ring (bicyclic) bond motifs is 2. The van der Waals surface area contributed by atoms with E-state index < -0.39 is 23.5 Å². The highest BCUT2D eigenvalue weighted by molar-refractivity contribution is 5.10. The molecule has 1 N–H and O–H groups in total. The zero-order chi connectivity index (χ0) is 20.0. The third-order valence-corrected chi connectivity index (χ3v) is 7.99. The highest BCUT2D eigenvalue weighted by Gasteiger charge is 2.71. The predicted octanol–water partition coefficient (Wildman–Crippen LogP) is 4.15. The molecule has 0 aromatic rings. The van der Waals surface area contributed by atoms with Crippen LogP contribution in [0.3, 0.4) is 0 Å². The number of aliphatic hydroxyl groups excluding tert-OH is 1. The van der Waals surface area contributed by atoms with Crippen molar-refractivity contribution in [1.29, 1.82) is 0 Å². The molecule has 6 nitrogen and oxygen atoms in total. The molecule has 2 bridgehead atoms. The summed E-state index contributed by atoms with van der Waals surface area (Å²) in [5.74, 6) is -0.0127. The summed E-state index contributed by atoms with van der Waals surface area (Å²) in [7, 11) is 0. The molecule has 1 spiro atoms. The molecule has 5 aliphatic rings. The minimum Gasteiger partial charge on any atom is -0.396 e. The summed E-state index contributed by atoms with van der Waals surface area (Å²) >= 11 is 0. The average molecular weight is 399 g/mol. The van der Waals surface area contributed by atoms with Crippen molar-refractivity contribution in [1.82, 2.24) is 0 Å². The van der Waals surface area contributed by atoms with Gasteiger partial charge in [-0.2, -0.15) is 0 Å². The zero-order valence-corrected chi connectivity index (χ0v) is 17.9. The molecule has 0 radical (unpaired) electrons. The Morgan fingerprint density at radius 2 is 1.71 bits per heavy atom. The quantitative estimate of drug-likeness (QED) is 0.513. The van der Waals surface area contributed by atoms with Gasteiger partial charge in [0.25, 0.3) is 0 Å². The third kappa shape index (κ3) is 3.34. The first-order chi connectivity index (χ1) is 13.3. The van der Waals surface area contributed by atoms with E-state index in [1.807, 2.05) is 6.92 Å². The van der Waals surface area contributed by atoms with E-state index in [0.29, 0.717) is 18.4 Å². The molecular formula is C22H38O6. The maximum absolute atomic E-state index is 8.92. The first-order valence-electron chi connectivity index (χ1n) is 11.3. The summed E-state index contributed by atoms with van der Waals surface area (Å²) in [6, 6.07) is 0. The van der Waals surface area contributed by atoms with Crippen LogP contribution < -0.4 is 0 Å². The van der Waals surface area contributed by atoms with E-state index in [1.165, 1.54) is 6.42 Å². The van der Waals surface area contributed by atoms with Crippen molar-refractivity contribution in [3.8, 4) is 0 Å². The third-order valence-electron chi connectivity index (χ3n) is 7.99. The van der Waals surface area contributed by atoms with E-state index in [2.05, 4.69) is 20.8 Å². The van der Waals surface area contributed by atoms with Crippen molar-refractivity contribution in [3.05, 3.63) is 0 Å². The lowest BCUT2D eigenvalue weighted by Crippen LogP contribution is -2.72. The summed E-state index contributed by atoms with van der Waals surface area (Å²) in [6.07, 6.45) is 7.63. The van der Waals surface area contributed by atoms with Gasteiger partial charge in [0.05, 0.1) is 6.61 Å². The minimum atomic E-state index is -0.747. The fourth-order valence-corrected chi connectivity index (χ4v) is 6.08. The summed E-state index contributed by atoms with van der Waals surface area (Å²) in [5.41, 5.74) is -0.531. The van der Waals surface area contributed by atoms with E-state index in [9.17, 15) is 0 Å². The highest BCUT2D eigenvalue weighted by Crippen LogP contribution is 2.62. The fourth-order valence-electron chi connectivity index (χ4n) is 6.08. The average Bonchev–Trinajstić information content (AvgIpc) is 2.89. The Morgan fingerprint density at radius 1 is 0.929 bits per heavy atom. The van der Waals surface area contributed by atoms with Gasteiger partial charge in [0, 0.05) is 24.9 Å². The van der Waals surface area contributed by atoms with Crippen LogP contribution in [0.15, 0.2) is 0 Å². The Hall–Kier alpha value is -0.240. The van der Waals surface area contributed by atoms with Gasteiger partial charge in [-0.05, 0) is 57.8 Å². The van der Waals surface area contributed by atoms with Crippen LogP contribution in [-0.4, -0.2) is 41.8 Å². The van der Waals surface area contributed by atoms with E-state index >= 15 is 0 Å². The molecule has 0 aromatic heterocycles. The number of aliphatic hydroxyl groups is 1. The van der Waals surface area contributed by atoms with Crippen LogP contribution in [0.25, 0.3) is 0 Å². The van der Waals surface area contributed by atoms with Gasteiger partial charge in [-0.25, -0.2) is 9.78 Å². The lowest BCUT2D eigenvalue weighted by atomic mass is 9.57. The number of unbranched alkanes of at least 4 members (excludes halogenated alkanes) is 3. The van der Waals surface area contributed by atoms with Crippen LogP contribution in [0.1, 0.15) is 79.1 Å². The number of hydrogen-bond acceptors (Lipinski definition) is 6. The maximum Gasteiger partial charge on any atom is 0.201 e. The molecule has 4 aliphatic heterocycles. The van der Waals surface area contributed by atoms with Gasteiger partial charge in [-0.1, -0.05) is 26.7 Å². The smallest absolute Gasteiger partial charge is 0.201 e. The summed E-state index contributed by atoms with van der Waals surface area (Å²) in [6.45, 7) is 9.51. The van der Waals surface area contributed by atoms with Crippen molar-refractivity contribution in [3.63, 3.8) is 0 Å². The first kappa shape index (κ1) is 21.0. The second-order valence-electron chi connectivity index (χ2n) is 9.82. The van der Waals surface area contributed by atoms with Gasteiger partial charge < -0.3 is 19.3 Å². The lowest BCUT2D eigenvalue weighted by molar-refractivity contribution is -0.585. The number of ether oxygens (including phenoxy) is 3. The summed E-state index contributed by atoms with van der Waals surface area (Å²) in [4.78, 5) is 12.1. The first-order valence-corrected chi connectivity index (χ1v) is 11.3. The molecule has 1 unspecified atom stereocenters. The van der Waals surface area contributed by atoms with E-state index in [4.69, 9.17) is 29.1 Å². The minimum absolute atomic E-state index is 0.186. The van der Waals surface area contributed by atoms with E-state index in [-0.39, 0.29) is 18.4 Å². The Morgan fingerprint density at radius 3 is 2.50 bits per heavy atom. The van der Waals surface area contributed by atoms with Crippen LogP contribution in [0, 0.1) is 23.7 Å². The molecule has 5 fully saturated rings. The zero-order valence-electron chi connectivity index (χ0n) is 17.9. The standard InChI is InChI=1S/C22H38O6/c1-15-9-10-18-16(2)21(4,24-14-8-6-5-7-13-23)26-19-22(18)17(15)11-12-20(3,25-19)27-28-22/h15-19,23H,5-14H2,1-4H3/t15-,16-,17?,18+,19+,20+,21+,22-/m1/s1. The van der Waals surface area contributed by atoms with Crippen molar-refractivity contribution in [2.45, 2.75) is 103 Å². The highest BCUT2D eigenvalue weighted by atomic mass is 17.3. The van der Waals surface area contributed by atoms with Crippen molar-refractivity contribution < 1.29 is 29.1 Å². The predicted molar refractivity (Wildman–Crippen MR) is 103 cm³/mol. The molecule has 0 amide bonds. The van der Waals surface area contributed by atoms with E-state index in [1.54, 1.807) is 0 Å². The van der Waals surface area contributed by atoms with Crippen LogP contribution in [0.5, 0.6) is 0 Å². The van der Waals surface area contributed by atoms with Gasteiger partial charge in [0.1, 0.15) is 0 Å². The van der Waals surface area contributed by atoms with Crippen LogP contribution >= 0.6 is 0 Å². The molecule has 162 valence electrons. The topological polar surface area (TPSA) is 66.4 Å². The normalized spacial score (nSPS) is 50.2. The second kappa shape index (κ2) is 7.78. The van der Waals surface area contributed by atoms with Gasteiger partial charge in [0.2, 0.25) is 5.79 Å². The largest absolute Gasteiger partial charge is 0.396 e. The maximum atomic E-state index is 8.92. The number of hydrogen-bond donors (Lipinski definition) is 1. The van der Waals surface area contributed by atoms with Gasteiger partial charge in [-0.3, -0.25) is 0 Å².